The van der Waals surface area contributed by atoms with Crippen molar-refractivity contribution < 1.29 is 28.6 Å². The molecule has 0 heterocycles. The fourth-order valence-corrected chi connectivity index (χ4v) is 7.63. The Kier molecular flexibility index (Phi) is 50.9. The van der Waals surface area contributed by atoms with E-state index in [-0.39, 0.29) is 31.6 Å². The average molecular weight is 907 g/mol. The Labute approximate surface area is 402 Å². The molecule has 6 heteroatoms. The highest BCUT2D eigenvalue weighted by Crippen LogP contribution is 2.15. The SMILES string of the molecule is CC/C=C\C/C=C\C/C=C\C/C=C\C/C=C\CC(=O)OC(COC(=O)CCCCCCCCC/C=C\CCCCCCCC)COC(=O)CCCCCCCCCCCCCCCCC. The number of esters is 3. The van der Waals surface area contributed by atoms with Gasteiger partial charge in [-0.25, -0.2) is 0 Å². The van der Waals surface area contributed by atoms with Crippen LogP contribution in [0.2, 0.25) is 0 Å². The van der Waals surface area contributed by atoms with Crippen LogP contribution in [0.4, 0.5) is 0 Å². The molecule has 0 aliphatic carbocycles. The van der Waals surface area contributed by atoms with Crippen molar-refractivity contribution in [3.05, 3.63) is 72.9 Å². The third-order valence-corrected chi connectivity index (χ3v) is 11.7. The number of allylic oxidation sites excluding steroid dienone is 11. The first-order valence-corrected chi connectivity index (χ1v) is 27.4. The van der Waals surface area contributed by atoms with Gasteiger partial charge in [0.2, 0.25) is 0 Å². The third-order valence-electron chi connectivity index (χ3n) is 11.7. The highest BCUT2D eigenvalue weighted by molar-refractivity contribution is 5.72. The standard InChI is InChI=1S/C59H102O6/c1-4-7-10-13-16-19-22-25-28-29-32-34-37-40-43-46-49-52-58(61)64-55-56(65-59(62)53-50-47-44-41-38-35-31-27-24-21-18-15-12-9-6-3)54-63-57(60)51-48-45-42-39-36-33-30-26-23-20-17-14-11-8-5-2/h9,12,18,21,25,27-28,31,38,41,47,50,56H,4-8,10-11,13-17,19-20,22-24,26,29-30,32-37,39-40,42-46,48-49,51-55H2,1-3H3/b12-9-,21-18-,28-25-,31-27-,41-38-,50-47-. The zero-order valence-electron chi connectivity index (χ0n) is 42.7. The summed E-state index contributed by atoms with van der Waals surface area (Å²) in [5.41, 5.74) is 0. The highest BCUT2D eigenvalue weighted by Gasteiger charge is 2.19. The van der Waals surface area contributed by atoms with Crippen LogP contribution in [-0.2, 0) is 28.6 Å². The van der Waals surface area contributed by atoms with Crippen LogP contribution in [0.1, 0.15) is 265 Å². The van der Waals surface area contributed by atoms with Gasteiger partial charge in [-0.2, -0.15) is 0 Å². The van der Waals surface area contributed by atoms with E-state index >= 15 is 0 Å². The molecule has 374 valence electrons. The molecule has 1 atom stereocenters. The largest absolute Gasteiger partial charge is 0.462 e. The number of hydrogen-bond acceptors (Lipinski definition) is 6. The Bertz CT molecular complexity index is 1230. The van der Waals surface area contributed by atoms with Crippen molar-refractivity contribution in [3.63, 3.8) is 0 Å². The summed E-state index contributed by atoms with van der Waals surface area (Å²) in [6.07, 6.45) is 67.7. The Morgan fingerprint density at radius 1 is 0.338 bits per heavy atom. The second kappa shape index (κ2) is 53.5. The lowest BCUT2D eigenvalue weighted by Crippen LogP contribution is -2.30. The quantitative estimate of drug-likeness (QED) is 0.0262. The van der Waals surface area contributed by atoms with E-state index in [4.69, 9.17) is 14.2 Å². The molecule has 0 aromatic carbocycles. The number of ether oxygens (including phenoxy) is 3. The van der Waals surface area contributed by atoms with Gasteiger partial charge in [-0.15, -0.1) is 0 Å². The first kappa shape index (κ1) is 61.9. The van der Waals surface area contributed by atoms with Gasteiger partial charge in [0, 0.05) is 12.8 Å². The summed E-state index contributed by atoms with van der Waals surface area (Å²) in [7, 11) is 0. The van der Waals surface area contributed by atoms with Crippen molar-refractivity contribution >= 4 is 17.9 Å². The molecule has 0 aromatic rings. The molecule has 1 unspecified atom stereocenters. The van der Waals surface area contributed by atoms with E-state index in [1.807, 2.05) is 6.08 Å². The molecule has 0 saturated carbocycles. The van der Waals surface area contributed by atoms with Crippen LogP contribution in [-0.4, -0.2) is 37.2 Å². The topological polar surface area (TPSA) is 78.9 Å². The van der Waals surface area contributed by atoms with Crippen LogP contribution < -0.4 is 0 Å². The predicted octanol–water partition coefficient (Wildman–Crippen LogP) is 18.2. The molecule has 0 aliphatic heterocycles. The minimum absolute atomic E-state index is 0.0982. The number of unbranched alkanes of at least 4 members (excludes halogenated alkanes) is 27. The monoisotopic (exact) mass is 907 g/mol. The lowest BCUT2D eigenvalue weighted by atomic mass is 10.0. The van der Waals surface area contributed by atoms with Gasteiger partial charge < -0.3 is 14.2 Å². The van der Waals surface area contributed by atoms with Gasteiger partial charge in [-0.05, 0) is 70.6 Å². The summed E-state index contributed by atoms with van der Waals surface area (Å²) in [5.74, 6) is -1.04. The maximum atomic E-state index is 12.8. The molecule has 0 aliphatic rings. The second-order valence-corrected chi connectivity index (χ2v) is 18.1. The van der Waals surface area contributed by atoms with Crippen LogP contribution in [0.25, 0.3) is 0 Å². The van der Waals surface area contributed by atoms with Crippen LogP contribution in [0.5, 0.6) is 0 Å². The van der Waals surface area contributed by atoms with Crippen molar-refractivity contribution in [1.82, 2.24) is 0 Å². The van der Waals surface area contributed by atoms with E-state index in [1.54, 1.807) is 6.08 Å². The Morgan fingerprint density at radius 2 is 0.646 bits per heavy atom. The van der Waals surface area contributed by atoms with Crippen LogP contribution in [0.15, 0.2) is 72.9 Å². The molecular formula is C59H102O6. The molecule has 0 rings (SSSR count). The van der Waals surface area contributed by atoms with Crippen LogP contribution >= 0.6 is 0 Å². The van der Waals surface area contributed by atoms with E-state index in [1.165, 1.54) is 154 Å². The zero-order chi connectivity index (χ0) is 47.2. The first-order valence-electron chi connectivity index (χ1n) is 27.4. The maximum Gasteiger partial charge on any atom is 0.310 e. The van der Waals surface area contributed by atoms with Crippen molar-refractivity contribution in [1.29, 1.82) is 0 Å². The summed E-state index contributed by atoms with van der Waals surface area (Å²) in [4.78, 5) is 38.0. The summed E-state index contributed by atoms with van der Waals surface area (Å²) in [6, 6.07) is 0. The van der Waals surface area contributed by atoms with Gasteiger partial charge in [-0.1, -0.05) is 248 Å². The van der Waals surface area contributed by atoms with Crippen molar-refractivity contribution in [2.45, 2.75) is 271 Å². The minimum atomic E-state index is -0.829. The van der Waals surface area contributed by atoms with Gasteiger partial charge in [0.05, 0.1) is 6.42 Å². The smallest absolute Gasteiger partial charge is 0.310 e. The van der Waals surface area contributed by atoms with E-state index in [2.05, 4.69) is 81.5 Å². The number of carbonyl (C=O) groups is 3. The molecule has 65 heavy (non-hydrogen) atoms. The Balaban J connectivity index is 4.47. The van der Waals surface area contributed by atoms with Gasteiger partial charge >= 0.3 is 17.9 Å². The van der Waals surface area contributed by atoms with E-state index in [0.717, 1.165) is 70.6 Å². The summed E-state index contributed by atoms with van der Waals surface area (Å²) in [5, 5.41) is 0. The fourth-order valence-electron chi connectivity index (χ4n) is 7.63. The molecule has 0 fully saturated rings. The van der Waals surface area contributed by atoms with Crippen molar-refractivity contribution in [2.24, 2.45) is 0 Å². The average Bonchev–Trinajstić information content (AvgIpc) is 3.30. The third kappa shape index (κ3) is 51.7. The van der Waals surface area contributed by atoms with Crippen molar-refractivity contribution in [2.75, 3.05) is 13.2 Å². The van der Waals surface area contributed by atoms with Crippen molar-refractivity contribution in [3.8, 4) is 0 Å². The Morgan fingerprint density at radius 3 is 1.00 bits per heavy atom. The molecule has 0 aromatic heterocycles. The van der Waals surface area contributed by atoms with Gasteiger partial charge in [-0.3, -0.25) is 14.4 Å². The zero-order valence-corrected chi connectivity index (χ0v) is 42.7. The predicted molar refractivity (Wildman–Crippen MR) is 279 cm³/mol. The number of rotatable bonds is 49. The van der Waals surface area contributed by atoms with Gasteiger partial charge in [0.15, 0.2) is 6.10 Å². The van der Waals surface area contributed by atoms with E-state index < -0.39 is 12.1 Å². The molecule has 0 radical (unpaired) electrons. The molecule has 6 nitrogen and oxygen atoms in total. The van der Waals surface area contributed by atoms with Gasteiger partial charge in [0.1, 0.15) is 13.2 Å². The molecule has 0 bridgehead atoms. The molecule has 0 saturated heterocycles. The highest BCUT2D eigenvalue weighted by atomic mass is 16.6. The first-order chi connectivity index (χ1) is 32.0. The van der Waals surface area contributed by atoms with E-state index in [9.17, 15) is 14.4 Å². The second-order valence-electron chi connectivity index (χ2n) is 18.1. The fraction of sp³-hybridized carbons (Fsp3) is 0.746. The molecule has 0 N–H and O–H groups in total. The molecular weight excluding hydrogens is 805 g/mol. The van der Waals surface area contributed by atoms with Crippen LogP contribution in [0, 0.1) is 0 Å². The summed E-state index contributed by atoms with van der Waals surface area (Å²) >= 11 is 0. The number of carbonyl (C=O) groups excluding carboxylic acids is 3. The molecule has 0 spiro atoms. The molecule has 0 amide bonds. The van der Waals surface area contributed by atoms with Gasteiger partial charge in [0.25, 0.3) is 0 Å². The van der Waals surface area contributed by atoms with Crippen LogP contribution in [0.3, 0.4) is 0 Å². The lowest BCUT2D eigenvalue weighted by Gasteiger charge is -2.18. The Hall–Kier alpha value is -3.15. The summed E-state index contributed by atoms with van der Waals surface area (Å²) < 4.78 is 16.7. The summed E-state index contributed by atoms with van der Waals surface area (Å²) in [6.45, 7) is 6.45. The normalized spacial score (nSPS) is 12.6. The lowest BCUT2D eigenvalue weighted by molar-refractivity contribution is -0.166. The van der Waals surface area contributed by atoms with E-state index in [0.29, 0.717) is 12.8 Å². The minimum Gasteiger partial charge on any atom is -0.462 e. The number of hydrogen-bond donors (Lipinski definition) is 0. The maximum absolute atomic E-state index is 12.8.